The Bertz CT molecular complexity index is 731. The van der Waals surface area contributed by atoms with E-state index in [4.69, 9.17) is 4.74 Å². The van der Waals surface area contributed by atoms with Crippen molar-refractivity contribution in [2.24, 2.45) is 23.7 Å². The zero-order chi connectivity index (χ0) is 17.4. The Labute approximate surface area is 146 Å². The molecule has 25 heavy (non-hydrogen) atoms. The second-order valence-corrected chi connectivity index (χ2v) is 6.93. The number of carboxylic acid groups (broad SMARTS) is 1. The number of carbonyl (C=O) groups excluding carboxylic acids is 1. The van der Waals surface area contributed by atoms with Gasteiger partial charge in [-0.3, -0.25) is 9.59 Å². The van der Waals surface area contributed by atoms with Crippen LogP contribution in [0.3, 0.4) is 0 Å². The highest BCUT2D eigenvalue weighted by Crippen LogP contribution is 2.61. The van der Waals surface area contributed by atoms with Gasteiger partial charge in [-0.05, 0) is 35.8 Å². The van der Waals surface area contributed by atoms with Gasteiger partial charge in [-0.2, -0.15) is 0 Å². The Balaban J connectivity index is 1.55. The lowest BCUT2D eigenvalue weighted by Gasteiger charge is -2.22. The van der Waals surface area contributed by atoms with E-state index in [2.05, 4.69) is 0 Å². The highest BCUT2D eigenvalue weighted by atomic mass is 16.5. The average Bonchev–Trinajstić information content (AvgIpc) is 3.21. The Hall–Kier alpha value is -2.62. The van der Waals surface area contributed by atoms with Gasteiger partial charge in [-0.15, -0.1) is 0 Å². The molecule has 0 bridgehead atoms. The van der Waals surface area contributed by atoms with E-state index in [-0.39, 0.29) is 29.6 Å². The number of hydrogen-bond donors (Lipinski definition) is 1. The molecule has 4 atom stereocenters. The Morgan fingerprint density at radius 3 is 1.96 bits per heavy atom. The molecule has 4 rings (SSSR count). The fraction of sp³-hybridized carbons (Fsp3) is 0.333. The summed E-state index contributed by atoms with van der Waals surface area (Å²) in [6, 6.07) is 19.3. The molecule has 0 aromatic heterocycles. The quantitative estimate of drug-likeness (QED) is 0.846. The monoisotopic (exact) mass is 336 g/mol. The van der Waals surface area contributed by atoms with E-state index in [9.17, 15) is 14.7 Å². The largest absolute Gasteiger partial charge is 0.481 e. The number of ether oxygens (including phenoxy) is 1. The summed E-state index contributed by atoms with van der Waals surface area (Å²) >= 11 is 0. The van der Waals surface area contributed by atoms with Crippen LogP contribution in [0.4, 0.5) is 0 Å². The van der Waals surface area contributed by atoms with Crippen molar-refractivity contribution in [3.63, 3.8) is 0 Å². The van der Waals surface area contributed by atoms with Crippen LogP contribution in [0.5, 0.6) is 0 Å². The van der Waals surface area contributed by atoms with Crippen LogP contribution in [-0.4, -0.2) is 17.0 Å². The van der Waals surface area contributed by atoms with Gasteiger partial charge < -0.3 is 9.84 Å². The standard InChI is InChI=1S/C21H20O4/c22-20(23)18-15-11-12-16(17(15)18)21(24)25-19(13-7-3-1-4-8-13)14-9-5-2-6-10-14/h1-10,15-19H,11-12H2,(H,22,23). The topological polar surface area (TPSA) is 63.6 Å². The summed E-state index contributed by atoms with van der Waals surface area (Å²) in [6.45, 7) is 0. The molecule has 2 aromatic carbocycles. The number of esters is 1. The summed E-state index contributed by atoms with van der Waals surface area (Å²) in [6.07, 6.45) is 1.08. The van der Waals surface area contributed by atoms with Crippen LogP contribution in [0.25, 0.3) is 0 Å². The van der Waals surface area contributed by atoms with Crippen LogP contribution in [-0.2, 0) is 14.3 Å². The van der Waals surface area contributed by atoms with Crippen molar-refractivity contribution in [2.75, 3.05) is 0 Å². The highest BCUT2D eigenvalue weighted by molar-refractivity contribution is 5.80. The minimum Gasteiger partial charge on any atom is -0.481 e. The normalized spacial score (nSPS) is 26.9. The number of carboxylic acids is 1. The van der Waals surface area contributed by atoms with Crippen LogP contribution >= 0.6 is 0 Å². The van der Waals surface area contributed by atoms with Crippen molar-refractivity contribution in [1.29, 1.82) is 0 Å². The summed E-state index contributed by atoms with van der Waals surface area (Å²) < 4.78 is 5.90. The lowest BCUT2D eigenvalue weighted by atomic mass is 9.98. The SMILES string of the molecule is O=C(OC(c1ccccc1)c1ccccc1)C1CCC2C(C(=O)O)C12. The van der Waals surface area contributed by atoms with Gasteiger partial charge in [0.2, 0.25) is 0 Å². The molecule has 0 aliphatic heterocycles. The molecule has 0 spiro atoms. The molecule has 2 fully saturated rings. The van der Waals surface area contributed by atoms with Crippen molar-refractivity contribution < 1.29 is 19.4 Å². The summed E-state index contributed by atoms with van der Waals surface area (Å²) in [4.78, 5) is 24.0. The smallest absolute Gasteiger partial charge is 0.310 e. The molecule has 4 unspecified atom stereocenters. The first kappa shape index (κ1) is 15.9. The molecule has 2 saturated carbocycles. The van der Waals surface area contributed by atoms with Crippen LogP contribution in [0.15, 0.2) is 60.7 Å². The van der Waals surface area contributed by atoms with Gasteiger partial charge in [-0.1, -0.05) is 60.7 Å². The molecular weight excluding hydrogens is 316 g/mol. The Kier molecular flexibility index (Phi) is 4.04. The molecule has 0 radical (unpaired) electrons. The molecule has 2 aliphatic carbocycles. The molecule has 4 nitrogen and oxygen atoms in total. The number of aliphatic carboxylic acids is 1. The molecule has 0 amide bonds. The highest BCUT2D eigenvalue weighted by Gasteiger charge is 2.64. The molecule has 128 valence electrons. The molecule has 4 heteroatoms. The number of benzene rings is 2. The lowest BCUT2D eigenvalue weighted by Crippen LogP contribution is -2.23. The maximum atomic E-state index is 12.8. The zero-order valence-corrected chi connectivity index (χ0v) is 13.7. The third kappa shape index (κ3) is 2.93. The van der Waals surface area contributed by atoms with E-state index < -0.39 is 12.1 Å². The molecule has 0 heterocycles. The summed E-state index contributed by atoms with van der Waals surface area (Å²) in [5, 5.41) is 9.24. The zero-order valence-electron chi connectivity index (χ0n) is 13.7. The van der Waals surface area contributed by atoms with Crippen LogP contribution in [0.2, 0.25) is 0 Å². The van der Waals surface area contributed by atoms with Crippen LogP contribution in [0.1, 0.15) is 30.1 Å². The second-order valence-electron chi connectivity index (χ2n) is 6.93. The van der Waals surface area contributed by atoms with Crippen LogP contribution < -0.4 is 0 Å². The first-order chi connectivity index (χ1) is 12.2. The van der Waals surface area contributed by atoms with Gasteiger partial charge in [0.15, 0.2) is 6.10 Å². The van der Waals surface area contributed by atoms with Gasteiger partial charge in [-0.25, -0.2) is 0 Å². The van der Waals surface area contributed by atoms with E-state index in [0.29, 0.717) is 0 Å². The maximum absolute atomic E-state index is 12.8. The first-order valence-electron chi connectivity index (χ1n) is 8.70. The second kappa shape index (κ2) is 6.36. The van der Waals surface area contributed by atoms with Gasteiger partial charge in [0, 0.05) is 0 Å². The predicted molar refractivity (Wildman–Crippen MR) is 91.6 cm³/mol. The predicted octanol–water partition coefficient (Wildman–Crippen LogP) is 3.68. The van der Waals surface area contributed by atoms with E-state index in [0.717, 1.165) is 24.0 Å². The number of rotatable bonds is 5. The maximum Gasteiger partial charge on any atom is 0.310 e. The van der Waals surface area contributed by atoms with Crippen molar-refractivity contribution >= 4 is 11.9 Å². The van der Waals surface area contributed by atoms with Gasteiger partial charge in [0.1, 0.15) is 0 Å². The van der Waals surface area contributed by atoms with E-state index in [1.807, 2.05) is 60.7 Å². The molecule has 0 saturated heterocycles. The van der Waals surface area contributed by atoms with Crippen molar-refractivity contribution in [1.82, 2.24) is 0 Å². The van der Waals surface area contributed by atoms with E-state index >= 15 is 0 Å². The summed E-state index contributed by atoms with van der Waals surface area (Å²) in [5.74, 6) is -1.59. The minimum atomic E-state index is -0.782. The molecule has 2 aromatic rings. The average molecular weight is 336 g/mol. The first-order valence-corrected chi connectivity index (χ1v) is 8.70. The summed E-state index contributed by atoms with van der Waals surface area (Å²) in [5.41, 5.74) is 1.84. The number of carbonyl (C=O) groups is 2. The molecule has 2 aliphatic rings. The van der Waals surface area contributed by atoms with E-state index in [1.54, 1.807) is 0 Å². The Morgan fingerprint density at radius 1 is 0.920 bits per heavy atom. The molecular formula is C21H20O4. The third-order valence-corrected chi connectivity index (χ3v) is 5.53. The van der Waals surface area contributed by atoms with Gasteiger partial charge in [0.05, 0.1) is 11.8 Å². The third-order valence-electron chi connectivity index (χ3n) is 5.53. The van der Waals surface area contributed by atoms with E-state index in [1.165, 1.54) is 0 Å². The minimum absolute atomic E-state index is 0.0443. The van der Waals surface area contributed by atoms with Crippen LogP contribution in [0, 0.1) is 23.7 Å². The van der Waals surface area contributed by atoms with Crippen molar-refractivity contribution in [3.05, 3.63) is 71.8 Å². The summed E-state index contributed by atoms with van der Waals surface area (Å²) in [7, 11) is 0. The number of hydrogen-bond acceptors (Lipinski definition) is 3. The Morgan fingerprint density at radius 2 is 1.48 bits per heavy atom. The number of fused-ring (bicyclic) bond motifs is 1. The lowest BCUT2D eigenvalue weighted by molar-refractivity contribution is -0.153. The van der Waals surface area contributed by atoms with Gasteiger partial charge >= 0.3 is 11.9 Å². The van der Waals surface area contributed by atoms with Gasteiger partial charge in [0.25, 0.3) is 0 Å². The fourth-order valence-electron chi connectivity index (χ4n) is 4.30. The van der Waals surface area contributed by atoms with Crippen molar-refractivity contribution in [3.8, 4) is 0 Å². The molecule has 1 N–H and O–H groups in total. The fourth-order valence-corrected chi connectivity index (χ4v) is 4.30. The van der Waals surface area contributed by atoms with Crippen molar-refractivity contribution in [2.45, 2.75) is 18.9 Å².